The predicted octanol–water partition coefficient (Wildman–Crippen LogP) is 3.08. The number of amides is 1. The van der Waals surface area contributed by atoms with Gasteiger partial charge in [0.05, 0.1) is 9.92 Å². The predicted molar refractivity (Wildman–Crippen MR) is 106 cm³/mol. The van der Waals surface area contributed by atoms with Crippen LogP contribution in [0.1, 0.15) is 11.1 Å². The lowest BCUT2D eigenvalue weighted by atomic mass is 10.2. The first kappa shape index (κ1) is 21.5. The normalized spacial score (nSPS) is 11.3. The summed E-state index contributed by atoms with van der Waals surface area (Å²) in [4.78, 5) is 12.0. The Kier molecular flexibility index (Phi) is 7.49. The Morgan fingerprint density at radius 2 is 1.81 bits per heavy atom. The quantitative estimate of drug-likeness (QED) is 0.630. The largest absolute Gasteiger partial charge is 0.482 e. The van der Waals surface area contributed by atoms with Gasteiger partial charge in [-0.1, -0.05) is 40.9 Å². The van der Waals surface area contributed by atoms with Crippen LogP contribution in [0.4, 0.5) is 0 Å². The Balaban J connectivity index is 1.78. The van der Waals surface area contributed by atoms with Crippen molar-refractivity contribution < 1.29 is 17.9 Å². The van der Waals surface area contributed by atoms with Gasteiger partial charge < -0.3 is 10.1 Å². The van der Waals surface area contributed by atoms with E-state index in [9.17, 15) is 13.2 Å². The third kappa shape index (κ3) is 6.39. The lowest BCUT2D eigenvalue weighted by Crippen LogP contribution is -2.37. The number of sulfonamides is 1. The molecule has 9 heteroatoms. The Morgan fingerprint density at radius 1 is 1.07 bits per heavy atom. The molecule has 2 N–H and O–H groups in total. The van der Waals surface area contributed by atoms with E-state index < -0.39 is 15.9 Å². The van der Waals surface area contributed by atoms with Crippen LogP contribution in [0.5, 0.6) is 5.75 Å². The second kappa shape index (κ2) is 9.41. The van der Waals surface area contributed by atoms with Gasteiger partial charge in [-0.25, -0.2) is 13.1 Å². The summed E-state index contributed by atoms with van der Waals surface area (Å²) in [5.41, 5.74) is 1.65. The standard InChI is InChI=1S/C18H20Cl2N2O4S/c1-12-3-6-17(13(2)9-12)27(24,25)22-8-7-21-18(23)11-26-16-5-4-14(19)10-15(16)20/h3-6,9-10,22H,7-8,11H2,1-2H3,(H,21,23). The molecule has 0 saturated carbocycles. The van der Waals surface area contributed by atoms with Gasteiger partial charge in [0.25, 0.3) is 5.91 Å². The zero-order chi connectivity index (χ0) is 20.0. The van der Waals surface area contributed by atoms with Crippen LogP contribution < -0.4 is 14.8 Å². The second-order valence-corrected chi connectivity index (χ2v) is 8.46. The van der Waals surface area contributed by atoms with Crippen molar-refractivity contribution in [2.45, 2.75) is 18.7 Å². The van der Waals surface area contributed by atoms with Gasteiger partial charge in [-0.2, -0.15) is 0 Å². The van der Waals surface area contributed by atoms with Crippen molar-refractivity contribution >= 4 is 39.1 Å². The highest BCUT2D eigenvalue weighted by molar-refractivity contribution is 7.89. The van der Waals surface area contributed by atoms with Crippen molar-refractivity contribution in [3.8, 4) is 5.75 Å². The molecule has 0 bridgehead atoms. The molecule has 2 aromatic rings. The van der Waals surface area contributed by atoms with E-state index in [1.54, 1.807) is 37.3 Å². The molecule has 2 rings (SSSR count). The summed E-state index contributed by atoms with van der Waals surface area (Å²) in [6.45, 7) is 3.57. The number of hydrogen-bond donors (Lipinski definition) is 2. The van der Waals surface area contributed by atoms with Crippen LogP contribution in [0.25, 0.3) is 0 Å². The average Bonchev–Trinajstić information content (AvgIpc) is 2.57. The molecule has 0 aliphatic carbocycles. The topological polar surface area (TPSA) is 84.5 Å². The molecule has 0 heterocycles. The molecule has 0 aromatic heterocycles. The molecule has 0 aliphatic heterocycles. The van der Waals surface area contributed by atoms with E-state index in [1.165, 1.54) is 6.07 Å². The number of nitrogens with one attached hydrogen (secondary N) is 2. The maximum Gasteiger partial charge on any atom is 0.257 e. The molecule has 2 aromatic carbocycles. The summed E-state index contributed by atoms with van der Waals surface area (Å²) in [6, 6.07) is 9.78. The minimum atomic E-state index is -3.63. The lowest BCUT2D eigenvalue weighted by Gasteiger charge is -2.11. The summed E-state index contributed by atoms with van der Waals surface area (Å²) < 4.78 is 32.4. The van der Waals surface area contributed by atoms with Crippen molar-refractivity contribution in [3.63, 3.8) is 0 Å². The number of rotatable bonds is 8. The SMILES string of the molecule is Cc1ccc(S(=O)(=O)NCCNC(=O)COc2ccc(Cl)cc2Cl)c(C)c1. The molecule has 0 unspecified atom stereocenters. The number of carbonyl (C=O) groups is 1. The zero-order valence-corrected chi connectivity index (χ0v) is 17.2. The van der Waals surface area contributed by atoms with Crippen LogP contribution in [-0.4, -0.2) is 34.0 Å². The molecule has 0 fully saturated rings. The van der Waals surface area contributed by atoms with E-state index >= 15 is 0 Å². The van der Waals surface area contributed by atoms with Gasteiger partial charge in [0.2, 0.25) is 10.0 Å². The van der Waals surface area contributed by atoms with E-state index in [0.717, 1.165) is 5.56 Å². The number of halogens is 2. The van der Waals surface area contributed by atoms with Gasteiger partial charge in [-0.05, 0) is 43.7 Å². The van der Waals surface area contributed by atoms with Crippen molar-refractivity contribution in [1.82, 2.24) is 10.0 Å². The highest BCUT2D eigenvalue weighted by Crippen LogP contribution is 2.27. The summed E-state index contributed by atoms with van der Waals surface area (Å²) in [5, 5.41) is 3.34. The van der Waals surface area contributed by atoms with Gasteiger partial charge >= 0.3 is 0 Å². The monoisotopic (exact) mass is 430 g/mol. The third-order valence-corrected chi connectivity index (χ3v) is 5.76. The lowest BCUT2D eigenvalue weighted by molar-refractivity contribution is -0.123. The second-order valence-electron chi connectivity index (χ2n) is 5.88. The third-order valence-electron chi connectivity index (χ3n) is 3.61. The highest BCUT2D eigenvalue weighted by atomic mass is 35.5. The van der Waals surface area contributed by atoms with Crippen LogP contribution in [0.15, 0.2) is 41.3 Å². The number of ether oxygens (including phenoxy) is 1. The molecule has 0 aliphatic rings. The van der Waals surface area contributed by atoms with Crippen LogP contribution in [0, 0.1) is 13.8 Å². The fourth-order valence-corrected chi connectivity index (χ4v) is 4.07. The molecule has 1 amide bonds. The molecule has 0 saturated heterocycles. The van der Waals surface area contributed by atoms with Gasteiger partial charge in [0.15, 0.2) is 6.61 Å². The van der Waals surface area contributed by atoms with Gasteiger partial charge in [0.1, 0.15) is 5.75 Å². The van der Waals surface area contributed by atoms with Gasteiger partial charge in [0, 0.05) is 18.1 Å². The first-order chi connectivity index (χ1) is 12.7. The Morgan fingerprint density at radius 3 is 2.48 bits per heavy atom. The highest BCUT2D eigenvalue weighted by Gasteiger charge is 2.16. The molecule has 27 heavy (non-hydrogen) atoms. The number of hydrogen-bond acceptors (Lipinski definition) is 4. The molecule has 6 nitrogen and oxygen atoms in total. The Hall–Kier alpha value is -1.80. The first-order valence-corrected chi connectivity index (χ1v) is 10.3. The Labute approximate surface area is 168 Å². The van der Waals surface area contributed by atoms with Crippen LogP contribution in [0.3, 0.4) is 0 Å². The van der Waals surface area contributed by atoms with Gasteiger partial charge in [-0.3, -0.25) is 4.79 Å². The first-order valence-electron chi connectivity index (χ1n) is 8.10. The van der Waals surface area contributed by atoms with Crippen molar-refractivity contribution in [2.75, 3.05) is 19.7 Å². The fourth-order valence-electron chi connectivity index (χ4n) is 2.35. The van der Waals surface area contributed by atoms with E-state index in [4.69, 9.17) is 27.9 Å². The van der Waals surface area contributed by atoms with E-state index in [0.29, 0.717) is 21.4 Å². The number of benzene rings is 2. The van der Waals surface area contributed by atoms with Crippen LogP contribution in [-0.2, 0) is 14.8 Å². The summed E-state index contributed by atoms with van der Waals surface area (Å²) in [7, 11) is -3.63. The molecule has 0 atom stereocenters. The number of aryl methyl sites for hydroxylation is 2. The summed E-state index contributed by atoms with van der Waals surface area (Å²) in [6.07, 6.45) is 0. The smallest absolute Gasteiger partial charge is 0.257 e. The number of carbonyl (C=O) groups excluding carboxylic acids is 1. The zero-order valence-electron chi connectivity index (χ0n) is 14.9. The minimum absolute atomic E-state index is 0.0586. The van der Waals surface area contributed by atoms with E-state index in [1.807, 2.05) is 6.92 Å². The average molecular weight is 431 g/mol. The molecule has 146 valence electrons. The van der Waals surface area contributed by atoms with E-state index in [2.05, 4.69) is 10.0 Å². The van der Waals surface area contributed by atoms with Crippen molar-refractivity contribution in [3.05, 3.63) is 57.6 Å². The van der Waals surface area contributed by atoms with Crippen molar-refractivity contribution in [1.29, 1.82) is 0 Å². The summed E-state index contributed by atoms with van der Waals surface area (Å²) >= 11 is 11.7. The molecular formula is C18H20Cl2N2O4S. The molecular weight excluding hydrogens is 411 g/mol. The van der Waals surface area contributed by atoms with Crippen LogP contribution >= 0.6 is 23.2 Å². The minimum Gasteiger partial charge on any atom is -0.482 e. The molecule has 0 radical (unpaired) electrons. The molecule has 0 spiro atoms. The van der Waals surface area contributed by atoms with E-state index in [-0.39, 0.29) is 24.6 Å². The van der Waals surface area contributed by atoms with Crippen LogP contribution in [0.2, 0.25) is 10.0 Å². The fraction of sp³-hybridized carbons (Fsp3) is 0.278. The van der Waals surface area contributed by atoms with Crippen molar-refractivity contribution in [2.24, 2.45) is 0 Å². The maximum atomic E-state index is 12.3. The summed E-state index contributed by atoms with van der Waals surface area (Å²) in [5.74, 6) is -0.0569. The maximum absolute atomic E-state index is 12.3. The van der Waals surface area contributed by atoms with Gasteiger partial charge in [-0.15, -0.1) is 0 Å². The Bertz CT molecular complexity index is 933.